The van der Waals surface area contributed by atoms with E-state index in [1.807, 2.05) is 12.1 Å². The normalized spacial score (nSPS) is 12.0. The smallest absolute Gasteiger partial charge is 0.237 e. The lowest BCUT2D eigenvalue weighted by molar-refractivity contribution is -0.115. The molecule has 0 fully saturated rings. The summed E-state index contributed by atoms with van der Waals surface area (Å²) < 4.78 is 13.1. The molecule has 21 heavy (non-hydrogen) atoms. The molecule has 2 aromatic rings. The molecule has 0 aliphatic carbocycles. The average Bonchev–Trinajstić information content (AvgIpc) is 2.45. The van der Waals surface area contributed by atoms with Gasteiger partial charge in [0, 0.05) is 15.6 Å². The molecule has 0 aliphatic heterocycles. The molecular formula is C15H12Cl2FNOS. The van der Waals surface area contributed by atoms with Gasteiger partial charge >= 0.3 is 0 Å². The second kappa shape index (κ2) is 7.16. The van der Waals surface area contributed by atoms with E-state index in [1.165, 1.54) is 30.0 Å². The molecular weight excluding hydrogens is 332 g/mol. The minimum atomic E-state index is -0.516. The molecule has 1 atom stereocenters. The number of thioether (sulfide) groups is 1. The third-order valence-corrected chi connectivity index (χ3v) is 4.34. The van der Waals surface area contributed by atoms with Gasteiger partial charge in [-0.2, -0.15) is 0 Å². The molecule has 0 aromatic heterocycles. The van der Waals surface area contributed by atoms with Gasteiger partial charge in [-0.3, -0.25) is 4.79 Å². The van der Waals surface area contributed by atoms with Crippen molar-refractivity contribution in [3.8, 4) is 0 Å². The standard InChI is InChI=1S/C15H12Cl2FNOS/c1-9(21-12-5-2-10(16)3-6-12)15(20)19-11-4-7-14(18)13(17)8-11/h2-9H,1H3,(H,19,20)/t9-/m1/s1. The molecule has 0 unspecified atom stereocenters. The molecule has 0 aliphatic rings. The van der Waals surface area contributed by atoms with Crippen LogP contribution < -0.4 is 5.32 Å². The maximum Gasteiger partial charge on any atom is 0.237 e. The Morgan fingerprint density at radius 2 is 1.86 bits per heavy atom. The Balaban J connectivity index is 1.98. The summed E-state index contributed by atoms with van der Waals surface area (Å²) in [6, 6.07) is 11.3. The molecule has 6 heteroatoms. The first-order chi connectivity index (χ1) is 9.95. The van der Waals surface area contributed by atoms with Crippen LogP contribution >= 0.6 is 35.0 Å². The summed E-state index contributed by atoms with van der Waals surface area (Å²) >= 11 is 12.9. The van der Waals surface area contributed by atoms with E-state index < -0.39 is 5.82 Å². The third kappa shape index (κ3) is 4.63. The zero-order chi connectivity index (χ0) is 15.4. The van der Waals surface area contributed by atoms with E-state index in [9.17, 15) is 9.18 Å². The summed E-state index contributed by atoms with van der Waals surface area (Å²) in [4.78, 5) is 13.0. The highest BCUT2D eigenvalue weighted by Gasteiger charge is 2.15. The number of hydrogen-bond acceptors (Lipinski definition) is 2. The summed E-state index contributed by atoms with van der Waals surface area (Å²) in [6.07, 6.45) is 0. The summed E-state index contributed by atoms with van der Waals surface area (Å²) in [7, 11) is 0. The molecule has 1 N–H and O–H groups in total. The molecule has 2 rings (SSSR count). The summed E-state index contributed by atoms with van der Waals surface area (Å²) in [5.41, 5.74) is 0.468. The lowest BCUT2D eigenvalue weighted by Crippen LogP contribution is -2.22. The average molecular weight is 344 g/mol. The first-order valence-corrected chi connectivity index (χ1v) is 7.77. The zero-order valence-corrected chi connectivity index (χ0v) is 13.4. The van der Waals surface area contributed by atoms with Crippen molar-refractivity contribution in [2.45, 2.75) is 17.1 Å². The van der Waals surface area contributed by atoms with E-state index in [1.54, 1.807) is 19.1 Å². The molecule has 0 heterocycles. The van der Waals surface area contributed by atoms with Crippen molar-refractivity contribution in [3.05, 3.63) is 58.3 Å². The van der Waals surface area contributed by atoms with Gasteiger partial charge in [-0.05, 0) is 49.4 Å². The first-order valence-electron chi connectivity index (χ1n) is 6.14. The number of halogens is 3. The van der Waals surface area contributed by atoms with Crippen LogP contribution in [0.15, 0.2) is 47.4 Å². The molecule has 0 saturated carbocycles. The van der Waals surface area contributed by atoms with Crippen LogP contribution in [-0.2, 0) is 4.79 Å². The minimum absolute atomic E-state index is 0.0224. The molecule has 0 spiro atoms. The number of benzene rings is 2. The van der Waals surface area contributed by atoms with Crippen LogP contribution in [0.25, 0.3) is 0 Å². The van der Waals surface area contributed by atoms with E-state index in [2.05, 4.69) is 5.32 Å². The Morgan fingerprint density at radius 1 is 1.19 bits per heavy atom. The fourth-order valence-electron chi connectivity index (χ4n) is 1.59. The van der Waals surface area contributed by atoms with Crippen molar-refractivity contribution in [1.82, 2.24) is 0 Å². The Labute approximate surface area is 136 Å². The molecule has 0 radical (unpaired) electrons. The van der Waals surface area contributed by atoms with Crippen LogP contribution in [0.3, 0.4) is 0 Å². The van der Waals surface area contributed by atoms with Gasteiger partial charge in [-0.25, -0.2) is 4.39 Å². The van der Waals surface area contributed by atoms with E-state index >= 15 is 0 Å². The van der Waals surface area contributed by atoms with Gasteiger partial charge < -0.3 is 5.32 Å². The summed E-state index contributed by atoms with van der Waals surface area (Å²) in [5.74, 6) is -0.698. The quantitative estimate of drug-likeness (QED) is 0.768. The lowest BCUT2D eigenvalue weighted by Gasteiger charge is -2.12. The van der Waals surface area contributed by atoms with Crippen LogP contribution in [0, 0.1) is 5.82 Å². The van der Waals surface area contributed by atoms with Crippen molar-refractivity contribution in [3.63, 3.8) is 0 Å². The first kappa shape index (κ1) is 16.1. The monoisotopic (exact) mass is 343 g/mol. The van der Waals surface area contributed by atoms with Crippen LogP contribution in [0.2, 0.25) is 10.0 Å². The number of carbonyl (C=O) groups excluding carboxylic acids is 1. The van der Waals surface area contributed by atoms with Gasteiger partial charge in [0.1, 0.15) is 5.82 Å². The SMILES string of the molecule is C[C@@H](Sc1ccc(Cl)cc1)C(=O)Nc1ccc(F)c(Cl)c1. The molecule has 110 valence electrons. The highest BCUT2D eigenvalue weighted by Crippen LogP contribution is 2.26. The van der Waals surface area contributed by atoms with Crippen molar-refractivity contribution in [2.24, 2.45) is 0 Å². The molecule has 0 saturated heterocycles. The van der Waals surface area contributed by atoms with Gasteiger partial charge in [-0.15, -0.1) is 11.8 Å². The van der Waals surface area contributed by atoms with Crippen molar-refractivity contribution >= 4 is 46.6 Å². The molecule has 0 bridgehead atoms. The number of nitrogens with one attached hydrogen (secondary N) is 1. The molecule has 2 aromatic carbocycles. The third-order valence-electron chi connectivity index (χ3n) is 2.68. The van der Waals surface area contributed by atoms with Crippen LogP contribution in [-0.4, -0.2) is 11.2 Å². The Kier molecular flexibility index (Phi) is 5.51. The molecule has 2 nitrogen and oxygen atoms in total. The predicted octanol–water partition coefficient (Wildman–Crippen LogP) is 5.25. The second-order valence-corrected chi connectivity index (χ2v) is 6.59. The van der Waals surface area contributed by atoms with Gasteiger partial charge in [0.2, 0.25) is 5.91 Å². The van der Waals surface area contributed by atoms with Crippen molar-refractivity contribution in [2.75, 3.05) is 5.32 Å². The van der Waals surface area contributed by atoms with Crippen molar-refractivity contribution in [1.29, 1.82) is 0 Å². The predicted molar refractivity (Wildman–Crippen MR) is 86.8 cm³/mol. The van der Waals surface area contributed by atoms with Crippen LogP contribution in [0.5, 0.6) is 0 Å². The van der Waals surface area contributed by atoms with E-state index in [4.69, 9.17) is 23.2 Å². The fraction of sp³-hybridized carbons (Fsp3) is 0.133. The van der Waals surface area contributed by atoms with Gasteiger partial charge in [0.15, 0.2) is 0 Å². The van der Waals surface area contributed by atoms with Crippen molar-refractivity contribution < 1.29 is 9.18 Å². The number of amides is 1. The minimum Gasteiger partial charge on any atom is -0.325 e. The highest BCUT2D eigenvalue weighted by atomic mass is 35.5. The highest BCUT2D eigenvalue weighted by molar-refractivity contribution is 8.00. The number of anilines is 1. The maximum atomic E-state index is 13.1. The van der Waals surface area contributed by atoms with Gasteiger partial charge in [0.25, 0.3) is 0 Å². The van der Waals surface area contributed by atoms with Crippen LogP contribution in [0.1, 0.15) is 6.92 Å². The summed E-state index contributed by atoms with van der Waals surface area (Å²) in [6.45, 7) is 1.79. The van der Waals surface area contributed by atoms with Gasteiger partial charge in [-0.1, -0.05) is 23.2 Å². The second-order valence-electron chi connectivity index (χ2n) is 4.33. The fourth-order valence-corrected chi connectivity index (χ4v) is 2.76. The Morgan fingerprint density at radius 3 is 2.48 bits per heavy atom. The Bertz CT molecular complexity index is 649. The van der Waals surface area contributed by atoms with E-state index in [0.717, 1.165) is 4.90 Å². The number of carbonyl (C=O) groups is 1. The van der Waals surface area contributed by atoms with E-state index in [-0.39, 0.29) is 16.2 Å². The number of hydrogen-bond donors (Lipinski definition) is 1. The molecule has 1 amide bonds. The number of rotatable bonds is 4. The van der Waals surface area contributed by atoms with Gasteiger partial charge in [0.05, 0.1) is 10.3 Å². The topological polar surface area (TPSA) is 29.1 Å². The largest absolute Gasteiger partial charge is 0.325 e. The van der Waals surface area contributed by atoms with Crippen LogP contribution in [0.4, 0.5) is 10.1 Å². The summed E-state index contributed by atoms with van der Waals surface area (Å²) in [5, 5.41) is 3.02. The zero-order valence-electron chi connectivity index (χ0n) is 11.1. The maximum absolute atomic E-state index is 13.1. The van der Waals surface area contributed by atoms with E-state index in [0.29, 0.717) is 10.7 Å². The lowest BCUT2D eigenvalue weighted by atomic mass is 10.3. The Hall–Kier alpha value is -1.23.